The van der Waals surface area contributed by atoms with Gasteiger partial charge in [-0.05, 0) is 43.0 Å². The number of amides is 1. The molecule has 0 bridgehead atoms. The molecule has 1 aromatic rings. The lowest BCUT2D eigenvalue weighted by atomic mass is 10.0. The highest BCUT2D eigenvalue weighted by Gasteiger charge is 2.28. The standard InChI is InChI=1S/C16H24N2O3S2/c19-15(12-13-4-1-2-5-13)18-9-7-14(8-10-18)17-23(20,21)16-6-3-11-22-16/h3,6,11,13-14,17H,1-2,4-5,7-10,12H2. The molecule has 0 atom stereocenters. The third-order valence-corrected chi connectivity index (χ3v) is 7.79. The summed E-state index contributed by atoms with van der Waals surface area (Å²) in [7, 11) is -3.41. The van der Waals surface area contributed by atoms with Gasteiger partial charge < -0.3 is 4.90 Å². The van der Waals surface area contributed by atoms with E-state index in [0.29, 0.717) is 42.5 Å². The Hall–Kier alpha value is -0.920. The first-order valence-corrected chi connectivity index (χ1v) is 10.7. The van der Waals surface area contributed by atoms with Crippen molar-refractivity contribution >= 4 is 27.3 Å². The number of piperidine rings is 1. The van der Waals surface area contributed by atoms with Gasteiger partial charge in [-0.3, -0.25) is 4.79 Å². The molecular formula is C16H24N2O3S2. The lowest BCUT2D eigenvalue weighted by molar-refractivity contribution is -0.133. The minimum Gasteiger partial charge on any atom is -0.343 e. The van der Waals surface area contributed by atoms with E-state index in [1.54, 1.807) is 17.5 Å². The van der Waals surface area contributed by atoms with Crippen molar-refractivity contribution in [2.45, 2.75) is 55.2 Å². The molecule has 1 aliphatic carbocycles. The zero-order valence-corrected chi connectivity index (χ0v) is 14.9. The van der Waals surface area contributed by atoms with Crippen molar-refractivity contribution in [2.24, 2.45) is 5.92 Å². The van der Waals surface area contributed by atoms with Crippen LogP contribution in [0.5, 0.6) is 0 Å². The Kier molecular flexibility index (Phi) is 5.38. The van der Waals surface area contributed by atoms with Gasteiger partial charge >= 0.3 is 0 Å². The summed E-state index contributed by atoms with van der Waals surface area (Å²) in [5.74, 6) is 0.814. The topological polar surface area (TPSA) is 66.5 Å². The van der Waals surface area contributed by atoms with Gasteiger partial charge in [0.1, 0.15) is 4.21 Å². The number of nitrogens with zero attached hydrogens (tertiary/aromatic N) is 1. The largest absolute Gasteiger partial charge is 0.343 e. The van der Waals surface area contributed by atoms with Gasteiger partial charge in [-0.1, -0.05) is 18.9 Å². The molecule has 0 unspecified atom stereocenters. The van der Waals surface area contributed by atoms with Crippen LogP contribution >= 0.6 is 11.3 Å². The number of carbonyl (C=O) groups excluding carboxylic acids is 1. The molecule has 0 aromatic carbocycles. The fourth-order valence-corrected chi connectivity index (χ4v) is 5.85. The molecule has 1 aliphatic heterocycles. The summed E-state index contributed by atoms with van der Waals surface area (Å²) in [6.45, 7) is 1.31. The Morgan fingerprint density at radius 1 is 1.22 bits per heavy atom. The SMILES string of the molecule is O=C(CC1CCCC1)N1CCC(NS(=O)(=O)c2cccs2)CC1. The second kappa shape index (κ2) is 7.32. The predicted octanol–water partition coefficient (Wildman–Crippen LogP) is 2.60. The van der Waals surface area contributed by atoms with E-state index in [9.17, 15) is 13.2 Å². The molecule has 0 spiro atoms. The quantitative estimate of drug-likeness (QED) is 0.882. The smallest absolute Gasteiger partial charge is 0.250 e. The molecule has 128 valence electrons. The zero-order chi connectivity index (χ0) is 16.3. The first-order chi connectivity index (χ1) is 11.0. The number of likely N-dealkylation sites (tertiary alicyclic amines) is 1. The van der Waals surface area contributed by atoms with Crippen LogP contribution in [0.1, 0.15) is 44.9 Å². The van der Waals surface area contributed by atoms with Crippen molar-refractivity contribution in [1.29, 1.82) is 0 Å². The lowest BCUT2D eigenvalue weighted by Gasteiger charge is -2.32. The summed E-state index contributed by atoms with van der Waals surface area (Å²) in [6.07, 6.45) is 6.94. The molecule has 1 amide bonds. The molecule has 5 nitrogen and oxygen atoms in total. The van der Waals surface area contributed by atoms with E-state index in [1.807, 2.05) is 4.90 Å². The maximum Gasteiger partial charge on any atom is 0.250 e. The van der Waals surface area contributed by atoms with Crippen LogP contribution in [0.4, 0.5) is 0 Å². The van der Waals surface area contributed by atoms with Crippen molar-refractivity contribution in [2.75, 3.05) is 13.1 Å². The molecule has 1 saturated carbocycles. The maximum absolute atomic E-state index is 12.3. The molecule has 1 saturated heterocycles. The normalized spacial score (nSPS) is 21.0. The lowest BCUT2D eigenvalue weighted by Crippen LogP contribution is -2.46. The molecule has 2 heterocycles. The Bertz CT molecular complexity index is 614. The molecule has 1 aromatic heterocycles. The van der Waals surface area contributed by atoms with Crippen LogP contribution in [-0.4, -0.2) is 38.4 Å². The molecule has 3 rings (SSSR count). The van der Waals surface area contributed by atoms with Gasteiger partial charge in [-0.15, -0.1) is 11.3 Å². The fourth-order valence-electron chi connectivity index (χ4n) is 3.53. The van der Waals surface area contributed by atoms with Crippen molar-refractivity contribution in [3.05, 3.63) is 17.5 Å². The second-order valence-corrected chi connectivity index (χ2v) is 9.45. The molecule has 2 aliphatic rings. The number of carbonyl (C=O) groups is 1. The first-order valence-electron chi connectivity index (χ1n) is 8.38. The van der Waals surface area contributed by atoms with Crippen molar-refractivity contribution in [3.63, 3.8) is 0 Å². The van der Waals surface area contributed by atoms with E-state index in [-0.39, 0.29) is 11.9 Å². The number of rotatable bonds is 5. The van der Waals surface area contributed by atoms with Crippen LogP contribution in [0.15, 0.2) is 21.7 Å². The van der Waals surface area contributed by atoms with Crippen molar-refractivity contribution < 1.29 is 13.2 Å². The average Bonchev–Trinajstić information content (AvgIpc) is 3.21. The molecule has 23 heavy (non-hydrogen) atoms. The summed E-state index contributed by atoms with van der Waals surface area (Å²) in [5.41, 5.74) is 0. The highest BCUT2D eigenvalue weighted by Crippen LogP contribution is 2.28. The van der Waals surface area contributed by atoms with Gasteiger partial charge in [0, 0.05) is 25.6 Å². The van der Waals surface area contributed by atoms with E-state index >= 15 is 0 Å². The van der Waals surface area contributed by atoms with E-state index < -0.39 is 10.0 Å². The number of thiophene rings is 1. The van der Waals surface area contributed by atoms with Crippen molar-refractivity contribution in [3.8, 4) is 0 Å². The van der Waals surface area contributed by atoms with Crippen molar-refractivity contribution in [1.82, 2.24) is 9.62 Å². The van der Waals surface area contributed by atoms with Gasteiger partial charge in [0.05, 0.1) is 0 Å². The number of hydrogen-bond acceptors (Lipinski definition) is 4. The summed E-state index contributed by atoms with van der Waals surface area (Å²) in [6, 6.07) is 3.29. The minimum absolute atomic E-state index is 0.0716. The van der Waals surface area contributed by atoms with E-state index in [0.717, 1.165) is 0 Å². The third kappa shape index (κ3) is 4.33. The molecule has 2 fully saturated rings. The Morgan fingerprint density at radius 2 is 1.91 bits per heavy atom. The van der Waals surface area contributed by atoms with Gasteiger partial charge in [0.25, 0.3) is 0 Å². The highest BCUT2D eigenvalue weighted by atomic mass is 32.2. The second-order valence-electron chi connectivity index (χ2n) is 6.56. The summed E-state index contributed by atoms with van der Waals surface area (Å²) < 4.78 is 27.6. The molecular weight excluding hydrogens is 332 g/mol. The monoisotopic (exact) mass is 356 g/mol. The number of hydrogen-bond donors (Lipinski definition) is 1. The summed E-state index contributed by atoms with van der Waals surface area (Å²) in [4.78, 5) is 14.2. The highest BCUT2D eigenvalue weighted by molar-refractivity contribution is 7.91. The molecule has 7 heteroatoms. The first kappa shape index (κ1) is 16.9. The minimum atomic E-state index is -3.41. The summed E-state index contributed by atoms with van der Waals surface area (Å²) >= 11 is 1.23. The van der Waals surface area contributed by atoms with Crippen LogP contribution in [0, 0.1) is 5.92 Å². The van der Waals surface area contributed by atoms with Crippen LogP contribution < -0.4 is 4.72 Å². The van der Waals surface area contributed by atoms with Crippen LogP contribution in [0.2, 0.25) is 0 Å². The van der Waals surface area contributed by atoms with E-state index in [4.69, 9.17) is 0 Å². The van der Waals surface area contributed by atoms with E-state index in [2.05, 4.69) is 4.72 Å². The van der Waals surface area contributed by atoms with E-state index in [1.165, 1.54) is 37.0 Å². The van der Waals surface area contributed by atoms with Crippen LogP contribution in [-0.2, 0) is 14.8 Å². The fraction of sp³-hybridized carbons (Fsp3) is 0.688. The number of nitrogens with one attached hydrogen (secondary N) is 1. The Labute approximate surface area is 142 Å². The molecule has 1 N–H and O–H groups in total. The van der Waals surface area contributed by atoms with Gasteiger partial charge in [-0.2, -0.15) is 0 Å². The predicted molar refractivity (Wildman–Crippen MR) is 90.8 cm³/mol. The Morgan fingerprint density at radius 3 is 2.52 bits per heavy atom. The average molecular weight is 357 g/mol. The Balaban J connectivity index is 1.47. The van der Waals surface area contributed by atoms with Crippen LogP contribution in [0.3, 0.4) is 0 Å². The van der Waals surface area contributed by atoms with Crippen LogP contribution in [0.25, 0.3) is 0 Å². The van der Waals surface area contributed by atoms with Gasteiger partial charge in [0.2, 0.25) is 15.9 Å². The van der Waals surface area contributed by atoms with Gasteiger partial charge in [0.15, 0.2) is 0 Å². The maximum atomic E-state index is 12.3. The third-order valence-electron chi connectivity index (χ3n) is 4.87. The zero-order valence-electron chi connectivity index (χ0n) is 13.2. The summed E-state index contributed by atoms with van der Waals surface area (Å²) in [5, 5.41) is 1.76. The van der Waals surface area contributed by atoms with Gasteiger partial charge in [-0.25, -0.2) is 13.1 Å². The number of sulfonamides is 1. The molecule has 0 radical (unpaired) electrons.